The second kappa shape index (κ2) is 10.9. The molecular formula is C13H27N3. The first kappa shape index (κ1) is 15.4. The van der Waals surface area contributed by atoms with Gasteiger partial charge in [-0.3, -0.25) is 0 Å². The normalized spacial score (nSPS) is 12.7. The molecular weight excluding hydrogens is 198 g/mol. The van der Waals surface area contributed by atoms with Gasteiger partial charge in [0.1, 0.15) is 0 Å². The number of nitriles is 1. The lowest BCUT2D eigenvalue weighted by Gasteiger charge is -2.18. The molecule has 0 aliphatic carbocycles. The Labute approximate surface area is 101 Å². The Bertz CT molecular complexity index is 186. The molecule has 0 heterocycles. The van der Waals surface area contributed by atoms with Crippen LogP contribution in [0.3, 0.4) is 0 Å². The molecule has 0 amide bonds. The summed E-state index contributed by atoms with van der Waals surface area (Å²) in [5.74, 6) is 0. The van der Waals surface area contributed by atoms with E-state index in [2.05, 4.69) is 37.2 Å². The minimum Gasteiger partial charge on any atom is -0.306 e. The van der Waals surface area contributed by atoms with Crippen molar-refractivity contribution in [2.45, 2.75) is 52.0 Å². The van der Waals surface area contributed by atoms with Gasteiger partial charge in [-0.2, -0.15) is 5.26 Å². The monoisotopic (exact) mass is 225 g/mol. The molecule has 0 spiro atoms. The summed E-state index contributed by atoms with van der Waals surface area (Å²) in [6.07, 6.45) is 5.86. The van der Waals surface area contributed by atoms with Crippen LogP contribution in [0.5, 0.6) is 0 Å². The third-order valence-electron chi connectivity index (χ3n) is 2.74. The van der Waals surface area contributed by atoms with Crippen LogP contribution in [-0.2, 0) is 0 Å². The number of nitrogens with zero attached hydrogens (tertiary/aromatic N) is 2. The summed E-state index contributed by atoms with van der Waals surface area (Å²) in [6, 6.07) is 2.34. The van der Waals surface area contributed by atoms with Crippen molar-refractivity contribution in [1.82, 2.24) is 10.2 Å². The minimum atomic E-state index is 0.0218. The van der Waals surface area contributed by atoms with Gasteiger partial charge < -0.3 is 10.2 Å². The van der Waals surface area contributed by atoms with Crippen LogP contribution in [-0.4, -0.2) is 37.6 Å². The van der Waals surface area contributed by atoms with E-state index in [4.69, 9.17) is 5.26 Å². The van der Waals surface area contributed by atoms with E-state index in [1.54, 1.807) is 0 Å². The topological polar surface area (TPSA) is 39.1 Å². The Morgan fingerprint density at radius 3 is 2.50 bits per heavy atom. The molecule has 0 saturated heterocycles. The van der Waals surface area contributed by atoms with E-state index in [0.29, 0.717) is 0 Å². The number of rotatable bonds is 10. The maximum absolute atomic E-state index is 8.95. The summed E-state index contributed by atoms with van der Waals surface area (Å²) in [5.41, 5.74) is 0. The van der Waals surface area contributed by atoms with Crippen LogP contribution in [0.25, 0.3) is 0 Å². The molecule has 0 fully saturated rings. The lowest BCUT2D eigenvalue weighted by Crippen LogP contribution is -2.32. The van der Waals surface area contributed by atoms with Gasteiger partial charge in [-0.05, 0) is 39.4 Å². The van der Waals surface area contributed by atoms with Gasteiger partial charge in [0, 0.05) is 6.54 Å². The fourth-order valence-corrected chi connectivity index (χ4v) is 1.62. The molecule has 0 saturated carbocycles. The van der Waals surface area contributed by atoms with Gasteiger partial charge in [0.25, 0.3) is 0 Å². The number of nitrogens with one attached hydrogen (secondary N) is 1. The average Bonchev–Trinajstić information content (AvgIpc) is 2.30. The van der Waals surface area contributed by atoms with Crippen molar-refractivity contribution in [1.29, 1.82) is 5.26 Å². The molecule has 0 aromatic heterocycles. The van der Waals surface area contributed by atoms with E-state index in [9.17, 15) is 0 Å². The SMILES string of the molecule is CCCCCN(C)CCC(C#N)NCCC. The van der Waals surface area contributed by atoms with E-state index in [1.807, 2.05) is 0 Å². The Morgan fingerprint density at radius 1 is 1.19 bits per heavy atom. The number of hydrogen-bond donors (Lipinski definition) is 1. The van der Waals surface area contributed by atoms with Crippen LogP contribution in [0.15, 0.2) is 0 Å². The third-order valence-corrected chi connectivity index (χ3v) is 2.74. The number of unbranched alkanes of at least 4 members (excludes halogenated alkanes) is 2. The van der Waals surface area contributed by atoms with Crippen molar-refractivity contribution in [2.24, 2.45) is 0 Å². The van der Waals surface area contributed by atoms with Crippen molar-refractivity contribution in [3.63, 3.8) is 0 Å². The maximum Gasteiger partial charge on any atom is 0.0965 e. The minimum absolute atomic E-state index is 0.0218. The lowest BCUT2D eigenvalue weighted by atomic mass is 10.2. The maximum atomic E-state index is 8.95. The van der Waals surface area contributed by atoms with Crippen LogP contribution in [0.1, 0.15) is 46.0 Å². The molecule has 1 N–H and O–H groups in total. The van der Waals surface area contributed by atoms with Crippen LogP contribution in [0, 0.1) is 11.3 Å². The summed E-state index contributed by atoms with van der Waals surface area (Å²) in [7, 11) is 2.14. The first-order valence-corrected chi connectivity index (χ1v) is 6.56. The summed E-state index contributed by atoms with van der Waals surface area (Å²) in [6.45, 7) is 7.45. The fraction of sp³-hybridized carbons (Fsp3) is 0.923. The Hall–Kier alpha value is -0.590. The van der Waals surface area contributed by atoms with Gasteiger partial charge in [-0.1, -0.05) is 26.7 Å². The largest absolute Gasteiger partial charge is 0.306 e. The van der Waals surface area contributed by atoms with Crippen molar-refractivity contribution < 1.29 is 0 Å². The second-order valence-electron chi connectivity index (χ2n) is 4.43. The van der Waals surface area contributed by atoms with Crippen LogP contribution in [0.4, 0.5) is 0 Å². The first-order chi connectivity index (χ1) is 7.74. The number of hydrogen-bond acceptors (Lipinski definition) is 3. The molecule has 0 aromatic carbocycles. The zero-order chi connectivity index (χ0) is 12.2. The van der Waals surface area contributed by atoms with E-state index in [0.717, 1.165) is 32.5 Å². The fourth-order valence-electron chi connectivity index (χ4n) is 1.62. The van der Waals surface area contributed by atoms with Gasteiger partial charge in [0.15, 0.2) is 0 Å². The van der Waals surface area contributed by atoms with Crippen molar-refractivity contribution >= 4 is 0 Å². The molecule has 0 aliphatic heterocycles. The van der Waals surface area contributed by atoms with E-state index in [-0.39, 0.29) is 6.04 Å². The molecule has 0 aliphatic rings. The van der Waals surface area contributed by atoms with Gasteiger partial charge >= 0.3 is 0 Å². The van der Waals surface area contributed by atoms with E-state index in [1.165, 1.54) is 19.3 Å². The van der Waals surface area contributed by atoms with Gasteiger partial charge in [0.2, 0.25) is 0 Å². The highest BCUT2D eigenvalue weighted by Gasteiger charge is 2.07. The molecule has 0 rings (SSSR count). The Balaban J connectivity index is 3.55. The zero-order valence-electron chi connectivity index (χ0n) is 11.1. The predicted octanol–water partition coefficient (Wildman–Crippen LogP) is 2.39. The Morgan fingerprint density at radius 2 is 1.94 bits per heavy atom. The lowest BCUT2D eigenvalue weighted by molar-refractivity contribution is 0.310. The summed E-state index contributed by atoms with van der Waals surface area (Å²) < 4.78 is 0. The van der Waals surface area contributed by atoms with E-state index < -0.39 is 0 Å². The molecule has 0 radical (unpaired) electrons. The summed E-state index contributed by atoms with van der Waals surface area (Å²) >= 11 is 0. The average molecular weight is 225 g/mol. The highest BCUT2D eigenvalue weighted by molar-refractivity contribution is 4.89. The standard InChI is InChI=1S/C13H27N3/c1-4-6-7-10-16(3)11-8-13(12-14)15-9-5-2/h13,15H,4-11H2,1-3H3. The Kier molecular flexibility index (Phi) is 10.5. The van der Waals surface area contributed by atoms with Crippen LogP contribution in [0.2, 0.25) is 0 Å². The smallest absolute Gasteiger partial charge is 0.0965 e. The quantitative estimate of drug-likeness (QED) is 0.580. The van der Waals surface area contributed by atoms with Crippen LogP contribution < -0.4 is 5.32 Å². The zero-order valence-corrected chi connectivity index (χ0v) is 11.1. The third kappa shape index (κ3) is 8.70. The molecule has 3 nitrogen and oxygen atoms in total. The van der Waals surface area contributed by atoms with Crippen molar-refractivity contribution in [3.05, 3.63) is 0 Å². The van der Waals surface area contributed by atoms with Crippen molar-refractivity contribution in [2.75, 3.05) is 26.7 Å². The molecule has 0 bridgehead atoms. The molecule has 94 valence electrons. The molecule has 1 atom stereocenters. The molecule has 1 unspecified atom stereocenters. The van der Waals surface area contributed by atoms with E-state index >= 15 is 0 Å². The van der Waals surface area contributed by atoms with Gasteiger partial charge in [-0.15, -0.1) is 0 Å². The van der Waals surface area contributed by atoms with Crippen LogP contribution >= 0.6 is 0 Å². The molecule has 0 aromatic rings. The van der Waals surface area contributed by atoms with Gasteiger partial charge in [0.05, 0.1) is 12.1 Å². The second-order valence-corrected chi connectivity index (χ2v) is 4.43. The van der Waals surface area contributed by atoms with Crippen molar-refractivity contribution in [3.8, 4) is 6.07 Å². The predicted molar refractivity (Wildman–Crippen MR) is 69.3 cm³/mol. The highest BCUT2D eigenvalue weighted by atomic mass is 15.1. The molecule has 16 heavy (non-hydrogen) atoms. The summed E-state index contributed by atoms with van der Waals surface area (Å²) in [5, 5.41) is 12.2. The van der Waals surface area contributed by atoms with Gasteiger partial charge in [-0.25, -0.2) is 0 Å². The highest BCUT2D eigenvalue weighted by Crippen LogP contribution is 1.99. The first-order valence-electron chi connectivity index (χ1n) is 6.56. The summed E-state index contributed by atoms with van der Waals surface area (Å²) in [4.78, 5) is 2.33. The molecule has 3 heteroatoms.